The minimum atomic E-state index is -1.64. The standard InChI is InChI=1S/C20H16BrClO5/c21-8-13(23)20(27)6-5-11-12(7-20)19(26)14-15(18(11)25)17(24)10-4-2-1-3-9(10)16(14)22/h1-4,11-12,24,27H,5-8H2/t11-,12+,20-/m0/s1. The van der Waals surface area contributed by atoms with Gasteiger partial charge in [-0.3, -0.25) is 14.4 Å². The lowest BCUT2D eigenvalue weighted by Gasteiger charge is -2.41. The smallest absolute Gasteiger partial charge is 0.174 e. The van der Waals surface area contributed by atoms with Crippen molar-refractivity contribution in [2.45, 2.75) is 24.9 Å². The lowest BCUT2D eigenvalue weighted by molar-refractivity contribution is -0.139. The Morgan fingerprint density at radius 1 is 1.15 bits per heavy atom. The molecular weight excluding hydrogens is 436 g/mol. The van der Waals surface area contributed by atoms with Crippen molar-refractivity contribution >= 4 is 55.7 Å². The van der Waals surface area contributed by atoms with Gasteiger partial charge in [0.05, 0.1) is 21.5 Å². The molecule has 5 nitrogen and oxygen atoms in total. The molecule has 2 aromatic carbocycles. The van der Waals surface area contributed by atoms with E-state index in [2.05, 4.69) is 15.9 Å². The average Bonchev–Trinajstić information content (AvgIpc) is 2.68. The van der Waals surface area contributed by atoms with Crippen LogP contribution < -0.4 is 0 Å². The van der Waals surface area contributed by atoms with Crippen LogP contribution in [0.1, 0.15) is 40.0 Å². The molecule has 27 heavy (non-hydrogen) atoms. The zero-order valence-electron chi connectivity index (χ0n) is 14.2. The summed E-state index contributed by atoms with van der Waals surface area (Å²) in [6.45, 7) is 0. The van der Waals surface area contributed by atoms with E-state index in [-0.39, 0.29) is 52.3 Å². The molecule has 0 bridgehead atoms. The minimum Gasteiger partial charge on any atom is -0.507 e. The van der Waals surface area contributed by atoms with E-state index in [1.807, 2.05) is 0 Å². The number of aliphatic hydroxyl groups is 1. The lowest BCUT2D eigenvalue weighted by atomic mass is 9.62. The van der Waals surface area contributed by atoms with Crippen LogP contribution >= 0.6 is 27.5 Å². The molecule has 0 aliphatic heterocycles. The zero-order chi connectivity index (χ0) is 19.5. The molecule has 0 unspecified atom stereocenters. The summed E-state index contributed by atoms with van der Waals surface area (Å²) >= 11 is 9.52. The summed E-state index contributed by atoms with van der Waals surface area (Å²) in [5.41, 5.74) is -1.68. The zero-order valence-corrected chi connectivity index (χ0v) is 16.5. The molecule has 3 atom stereocenters. The minimum absolute atomic E-state index is 0.00495. The van der Waals surface area contributed by atoms with Gasteiger partial charge in [0.25, 0.3) is 0 Å². The van der Waals surface area contributed by atoms with Gasteiger partial charge < -0.3 is 10.2 Å². The van der Waals surface area contributed by atoms with E-state index in [9.17, 15) is 24.6 Å². The van der Waals surface area contributed by atoms with E-state index in [1.54, 1.807) is 24.3 Å². The molecule has 2 aliphatic rings. The van der Waals surface area contributed by atoms with Crippen LogP contribution in [0.4, 0.5) is 0 Å². The van der Waals surface area contributed by atoms with Crippen LogP contribution in [0.3, 0.4) is 0 Å². The molecule has 0 amide bonds. The van der Waals surface area contributed by atoms with Crippen molar-refractivity contribution in [3.63, 3.8) is 0 Å². The van der Waals surface area contributed by atoms with Crippen LogP contribution in [0.5, 0.6) is 5.75 Å². The molecule has 1 fully saturated rings. The van der Waals surface area contributed by atoms with Gasteiger partial charge >= 0.3 is 0 Å². The summed E-state index contributed by atoms with van der Waals surface area (Å²) in [4.78, 5) is 38.5. The molecule has 4 rings (SSSR count). The molecule has 2 aliphatic carbocycles. The largest absolute Gasteiger partial charge is 0.507 e. The van der Waals surface area contributed by atoms with Gasteiger partial charge in [0.15, 0.2) is 17.3 Å². The molecule has 0 spiro atoms. The van der Waals surface area contributed by atoms with Crippen LogP contribution in [0.2, 0.25) is 5.02 Å². The number of aromatic hydroxyl groups is 1. The fourth-order valence-corrected chi connectivity index (χ4v) is 5.27. The predicted molar refractivity (Wildman–Crippen MR) is 104 cm³/mol. The Bertz CT molecular complexity index is 1020. The van der Waals surface area contributed by atoms with Gasteiger partial charge in [-0.2, -0.15) is 0 Å². The predicted octanol–water partition coefficient (Wildman–Crippen LogP) is 3.69. The number of carbonyl (C=O) groups is 3. The van der Waals surface area contributed by atoms with E-state index < -0.39 is 29.0 Å². The lowest BCUT2D eigenvalue weighted by Crippen LogP contribution is -2.51. The Morgan fingerprint density at radius 2 is 1.78 bits per heavy atom. The Hall–Kier alpha value is -1.76. The molecule has 140 valence electrons. The number of benzene rings is 2. The maximum Gasteiger partial charge on any atom is 0.174 e. The van der Waals surface area contributed by atoms with E-state index >= 15 is 0 Å². The number of ketones is 3. The second-order valence-electron chi connectivity index (χ2n) is 7.23. The first kappa shape index (κ1) is 18.6. The first-order chi connectivity index (χ1) is 12.8. The molecule has 2 N–H and O–H groups in total. The van der Waals surface area contributed by atoms with Crippen LogP contribution in [-0.2, 0) is 4.79 Å². The summed E-state index contributed by atoms with van der Waals surface area (Å²) in [5, 5.41) is 22.4. The number of alkyl halides is 1. The van der Waals surface area contributed by atoms with Crippen molar-refractivity contribution in [2.75, 3.05) is 5.33 Å². The van der Waals surface area contributed by atoms with E-state index in [0.29, 0.717) is 10.8 Å². The fraction of sp³-hybridized carbons (Fsp3) is 0.350. The molecule has 0 aromatic heterocycles. The third-order valence-electron chi connectivity index (χ3n) is 5.84. The van der Waals surface area contributed by atoms with Crippen molar-refractivity contribution in [2.24, 2.45) is 11.8 Å². The summed E-state index contributed by atoms with van der Waals surface area (Å²) in [5.74, 6) is -2.89. The first-order valence-corrected chi connectivity index (χ1v) is 10.1. The maximum atomic E-state index is 13.2. The summed E-state index contributed by atoms with van der Waals surface area (Å²) in [7, 11) is 0. The SMILES string of the molecule is O=C1c2c(c(Cl)c3ccccc3c2O)C(=O)[C@@H]2C[C@](O)(C(=O)CBr)CC[C@H]12. The Kier molecular flexibility index (Phi) is 4.41. The first-order valence-electron chi connectivity index (χ1n) is 8.63. The highest BCUT2D eigenvalue weighted by Crippen LogP contribution is 2.49. The van der Waals surface area contributed by atoms with Gasteiger partial charge in [0.1, 0.15) is 11.4 Å². The van der Waals surface area contributed by atoms with Crippen LogP contribution in [0.15, 0.2) is 24.3 Å². The van der Waals surface area contributed by atoms with Gasteiger partial charge in [-0.25, -0.2) is 0 Å². The highest BCUT2D eigenvalue weighted by Gasteiger charge is 2.52. The summed E-state index contributed by atoms with van der Waals surface area (Å²) in [6, 6.07) is 6.77. The second-order valence-corrected chi connectivity index (χ2v) is 8.17. The third-order valence-corrected chi connectivity index (χ3v) is 6.75. The number of halogens is 2. The van der Waals surface area contributed by atoms with Crippen LogP contribution in [0, 0.1) is 11.8 Å². The highest BCUT2D eigenvalue weighted by atomic mass is 79.9. The molecular formula is C20H16BrClO5. The molecule has 2 aromatic rings. The van der Waals surface area contributed by atoms with Gasteiger partial charge in [-0.05, 0) is 19.3 Å². The number of fused-ring (bicyclic) bond motifs is 3. The maximum absolute atomic E-state index is 13.2. The van der Waals surface area contributed by atoms with Crippen molar-refractivity contribution in [3.05, 3.63) is 40.4 Å². The topological polar surface area (TPSA) is 91.7 Å². The number of phenols is 1. The Labute approximate surface area is 168 Å². The number of phenolic OH excluding ortho intramolecular Hbond substituents is 1. The Morgan fingerprint density at radius 3 is 2.44 bits per heavy atom. The van der Waals surface area contributed by atoms with Gasteiger partial charge in [-0.1, -0.05) is 51.8 Å². The highest BCUT2D eigenvalue weighted by molar-refractivity contribution is 9.09. The summed E-state index contributed by atoms with van der Waals surface area (Å²) < 4.78 is 0. The van der Waals surface area contributed by atoms with E-state index in [0.717, 1.165) is 0 Å². The number of hydrogen-bond donors (Lipinski definition) is 2. The van der Waals surface area contributed by atoms with Crippen molar-refractivity contribution in [1.82, 2.24) is 0 Å². The molecule has 0 radical (unpaired) electrons. The average molecular weight is 452 g/mol. The number of carbonyl (C=O) groups excluding carboxylic acids is 3. The van der Waals surface area contributed by atoms with Crippen LogP contribution in [-0.4, -0.2) is 38.5 Å². The monoisotopic (exact) mass is 450 g/mol. The number of Topliss-reactive ketones (excluding diaryl/α,β-unsaturated/α-hetero) is 3. The van der Waals surface area contributed by atoms with Crippen LogP contribution in [0.25, 0.3) is 10.8 Å². The Balaban J connectivity index is 1.90. The molecule has 7 heteroatoms. The van der Waals surface area contributed by atoms with Crippen molar-refractivity contribution in [1.29, 1.82) is 0 Å². The van der Waals surface area contributed by atoms with E-state index in [4.69, 9.17) is 11.6 Å². The van der Waals surface area contributed by atoms with E-state index in [1.165, 1.54) is 0 Å². The number of hydrogen-bond acceptors (Lipinski definition) is 5. The number of rotatable bonds is 2. The summed E-state index contributed by atoms with van der Waals surface area (Å²) in [6.07, 6.45) is 0.193. The van der Waals surface area contributed by atoms with Gasteiger partial charge in [0, 0.05) is 22.6 Å². The van der Waals surface area contributed by atoms with Crippen molar-refractivity contribution < 1.29 is 24.6 Å². The second kappa shape index (κ2) is 6.40. The molecule has 1 saturated carbocycles. The molecule has 0 saturated heterocycles. The van der Waals surface area contributed by atoms with Crippen molar-refractivity contribution in [3.8, 4) is 5.75 Å². The quantitative estimate of drug-likeness (QED) is 0.680. The fourth-order valence-electron chi connectivity index (χ4n) is 4.39. The molecule has 0 heterocycles. The van der Waals surface area contributed by atoms with Gasteiger partial charge in [0.2, 0.25) is 0 Å². The normalized spacial score (nSPS) is 27.4. The third kappa shape index (κ3) is 2.57. The van der Waals surface area contributed by atoms with Gasteiger partial charge in [-0.15, -0.1) is 0 Å².